The Hall–Kier alpha value is -1.24. The van der Waals surface area contributed by atoms with Gasteiger partial charge in [-0.3, -0.25) is 0 Å². The molecule has 0 N–H and O–H groups in total. The number of hydrogen-bond acceptors (Lipinski definition) is 3. The molecule has 3 nitrogen and oxygen atoms in total. The first-order chi connectivity index (χ1) is 13.5. The number of aryl methyl sites for hydroxylation is 2. The molecule has 1 heterocycles. The molecule has 0 bridgehead atoms. The second-order valence-electron chi connectivity index (χ2n) is 7.06. The highest BCUT2D eigenvalue weighted by Gasteiger charge is 2.39. The molecule has 0 aromatic heterocycles. The van der Waals surface area contributed by atoms with E-state index < -0.39 is 10.0 Å². The molecule has 1 aliphatic heterocycles. The Morgan fingerprint density at radius 1 is 1.04 bits per heavy atom. The van der Waals surface area contributed by atoms with Crippen LogP contribution in [0, 0.1) is 0 Å². The van der Waals surface area contributed by atoms with Gasteiger partial charge in [0.1, 0.15) is 0 Å². The predicted octanol–water partition coefficient (Wildman–Crippen LogP) is 5.68. The number of sulfonamides is 1. The molecule has 0 radical (unpaired) electrons. The van der Waals surface area contributed by atoms with Gasteiger partial charge in [-0.15, -0.1) is 11.8 Å². The molecule has 1 aliphatic carbocycles. The maximum Gasteiger partial charge on any atom is 0.244 e. The molecule has 1 fully saturated rings. The first kappa shape index (κ1) is 18.8. The minimum atomic E-state index is -3.64. The SMILES string of the molecule is O=S(=O)(c1ccc2cccc3c2c1CC3)N1CCSC1c1ccc(Cl)cc1Cl. The van der Waals surface area contributed by atoms with Gasteiger partial charge in [0.25, 0.3) is 0 Å². The Morgan fingerprint density at radius 2 is 1.89 bits per heavy atom. The largest absolute Gasteiger partial charge is 0.244 e. The quantitative estimate of drug-likeness (QED) is 0.515. The van der Waals surface area contributed by atoms with Crippen molar-refractivity contribution in [2.75, 3.05) is 12.3 Å². The van der Waals surface area contributed by atoms with E-state index in [-0.39, 0.29) is 5.37 Å². The Balaban J connectivity index is 1.62. The predicted molar refractivity (Wildman–Crippen MR) is 117 cm³/mol. The summed E-state index contributed by atoms with van der Waals surface area (Å²) in [6, 6.07) is 15.1. The van der Waals surface area contributed by atoms with E-state index in [0.29, 0.717) is 21.5 Å². The highest BCUT2D eigenvalue weighted by Crippen LogP contribution is 2.45. The van der Waals surface area contributed by atoms with Crippen molar-refractivity contribution >= 4 is 55.8 Å². The Kier molecular flexibility index (Phi) is 4.64. The molecule has 3 aromatic carbocycles. The van der Waals surface area contributed by atoms with Crippen LogP contribution in [0.5, 0.6) is 0 Å². The number of benzene rings is 3. The van der Waals surface area contributed by atoms with Crippen LogP contribution in [0.25, 0.3) is 10.8 Å². The smallest absolute Gasteiger partial charge is 0.207 e. The van der Waals surface area contributed by atoms with Crippen LogP contribution in [-0.4, -0.2) is 25.0 Å². The molecule has 144 valence electrons. The lowest BCUT2D eigenvalue weighted by atomic mass is 10.1. The highest BCUT2D eigenvalue weighted by molar-refractivity contribution is 8.01. The van der Waals surface area contributed by atoms with Crippen LogP contribution in [0.15, 0.2) is 53.4 Å². The molecule has 0 amide bonds. The number of halogens is 2. The van der Waals surface area contributed by atoms with E-state index >= 15 is 0 Å². The third kappa shape index (κ3) is 2.87. The molecule has 5 rings (SSSR count). The van der Waals surface area contributed by atoms with Crippen molar-refractivity contribution in [3.8, 4) is 0 Å². The van der Waals surface area contributed by atoms with Crippen molar-refractivity contribution in [3.63, 3.8) is 0 Å². The van der Waals surface area contributed by atoms with Crippen molar-refractivity contribution in [1.82, 2.24) is 4.31 Å². The maximum absolute atomic E-state index is 13.7. The van der Waals surface area contributed by atoms with E-state index in [4.69, 9.17) is 23.2 Å². The summed E-state index contributed by atoms with van der Waals surface area (Å²) < 4.78 is 29.0. The lowest BCUT2D eigenvalue weighted by molar-refractivity contribution is 0.434. The van der Waals surface area contributed by atoms with E-state index in [1.807, 2.05) is 24.3 Å². The molecule has 7 heteroatoms. The topological polar surface area (TPSA) is 37.4 Å². The lowest BCUT2D eigenvalue weighted by Crippen LogP contribution is -2.31. The average molecular weight is 450 g/mol. The van der Waals surface area contributed by atoms with E-state index in [9.17, 15) is 8.42 Å². The number of hydrogen-bond donors (Lipinski definition) is 0. The third-order valence-electron chi connectivity index (χ3n) is 5.50. The molecular weight excluding hydrogens is 433 g/mol. The summed E-state index contributed by atoms with van der Waals surface area (Å²) in [5.74, 6) is 0.733. The molecular formula is C21H17Cl2NO2S2. The fraction of sp³-hybridized carbons (Fsp3) is 0.238. The first-order valence-corrected chi connectivity index (χ1v) is 12.3. The van der Waals surface area contributed by atoms with E-state index in [0.717, 1.165) is 40.5 Å². The second-order valence-corrected chi connectivity index (χ2v) is 11.0. The fourth-order valence-corrected chi connectivity index (χ4v) is 8.35. The Bertz CT molecular complexity index is 1210. The number of thioether (sulfide) groups is 1. The van der Waals surface area contributed by atoms with Crippen LogP contribution in [0.1, 0.15) is 22.1 Å². The van der Waals surface area contributed by atoms with E-state index in [1.54, 1.807) is 34.3 Å². The van der Waals surface area contributed by atoms with Crippen LogP contribution < -0.4 is 0 Å². The summed E-state index contributed by atoms with van der Waals surface area (Å²) in [5, 5.41) is 2.92. The standard InChI is InChI=1S/C21H17Cl2NO2S2/c22-15-6-8-16(18(23)12-15)21-24(10-11-27-21)28(25,26)19-9-5-14-3-1-2-13-4-7-17(19)20(13)14/h1-3,5-6,8-9,12,21H,4,7,10-11H2. The third-order valence-corrected chi connectivity index (χ3v) is 9.39. The monoisotopic (exact) mass is 449 g/mol. The zero-order valence-corrected chi connectivity index (χ0v) is 18.0. The van der Waals surface area contributed by atoms with E-state index in [1.165, 1.54) is 5.56 Å². The Morgan fingerprint density at radius 3 is 2.71 bits per heavy atom. The van der Waals surface area contributed by atoms with Gasteiger partial charge in [0.15, 0.2) is 0 Å². The normalized spacial score (nSPS) is 19.6. The van der Waals surface area contributed by atoms with Crippen molar-refractivity contribution < 1.29 is 8.42 Å². The number of rotatable bonds is 3. The van der Waals surface area contributed by atoms with Gasteiger partial charge in [-0.1, -0.05) is 53.5 Å². The molecule has 0 saturated carbocycles. The zero-order valence-electron chi connectivity index (χ0n) is 14.9. The zero-order chi connectivity index (χ0) is 19.5. The molecule has 1 unspecified atom stereocenters. The van der Waals surface area contributed by atoms with Crippen molar-refractivity contribution in [3.05, 3.63) is 75.3 Å². The van der Waals surface area contributed by atoms with Crippen LogP contribution >= 0.6 is 35.0 Å². The lowest BCUT2D eigenvalue weighted by Gasteiger charge is -2.25. The second kappa shape index (κ2) is 6.92. The molecule has 1 atom stereocenters. The van der Waals surface area contributed by atoms with Gasteiger partial charge < -0.3 is 0 Å². The van der Waals surface area contributed by atoms with Crippen LogP contribution in [0.3, 0.4) is 0 Å². The van der Waals surface area contributed by atoms with Gasteiger partial charge in [-0.25, -0.2) is 8.42 Å². The van der Waals surface area contributed by atoms with Gasteiger partial charge in [0.05, 0.1) is 10.3 Å². The first-order valence-electron chi connectivity index (χ1n) is 9.09. The summed E-state index contributed by atoms with van der Waals surface area (Å²) in [6.07, 6.45) is 1.65. The molecule has 2 aliphatic rings. The van der Waals surface area contributed by atoms with Gasteiger partial charge in [0, 0.05) is 22.3 Å². The molecule has 0 spiro atoms. The van der Waals surface area contributed by atoms with Crippen molar-refractivity contribution in [2.45, 2.75) is 23.1 Å². The summed E-state index contributed by atoms with van der Waals surface area (Å²) in [4.78, 5) is 0.433. The minimum Gasteiger partial charge on any atom is -0.207 e. The summed E-state index contributed by atoms with van der Waals surface area (Å²) in [6.45, 7) is 0.468. The number of nitrogens with zero attached hydrogens (tertiary/aromatic N) is 1. The van der Waals surface area contributed by atoms with Crippen molar-refractivity contribution in [1.29, 1.82) is 0 Å². The van der Waals surface area contributed by atoms with Crippen molar-refractivity contribution in [2.24, 2.45) is 0 Å². The van der Waals surface area contributed by atoms with Crippen LogP contribution in [0.4, 0.5) is 0 Å². The minimum absolute atomic E-state index is 0.339. The molecule has 1 saturated heterocycles. The maximum atomic E-state index is 13.7. The summed E-state index contributed by atoms with van der Waals surface area (Å²) in [7, 11) is -3.64. The molecule has 28 heavy (non-hydrogen) atoms. The average Bonchev–Trinajstić information content (AvgIpc) is 3.31. The highest BCUT2D eigenvalue weighted by atomic mass is 35.5. The van der Waals surface area contributed by atoms with Gasteiger partial charge in [0.2, 0.25) is 10.0 Å². The van der Waals surface area contributed by atoms with Gasteiger partial charge in [-0.05, 0) is 58.5 Å². The van der Waals surface area contributed by atoms with Gasteiger partial charge in [-0.2, -0.15) is 4.31 Å². The fourth-order valence-electron chi connectivity index (χ4n) is 4.25. The Labute approximate surface area is 178 Å². The summed E-state index contributed by atoms with van der Waals surface area (Å²) in [5.41, 5.74) is 2.97. The molecule has 3 aromatic rings. The summed E-state index contributed by atoms with van der Waals surface area (Å²) >= 11 is 14.0. The van der Waals surface area contributed by atoms with E-state index in [2.05, 4.69) is 6.07 Å². The van der Waals surface area contributed by atoms with Crippen LogP contribution in [-0.2, 0) is 22.9 Å². The van der Waals surface area contributed by atoms with Crippen LogP contribution in [0.2, 0.25) is 10.0 Å². The van der Waals surface area contributed by atoms with Gasteiger partial charge >= 0.3 is 0 Å².